The van der Waals surface area contributed by atoms with Crippen molar-refractivity contribution in [3.8, 4) is 0 Å². The van der Waals surface area contributed by atoms with Gasteiger partial charge in [0.25, 0.3) is 5.91 Å². The average Bonchev–Trinajstić information content (AvgIpc) is 3.26. The van der Waals surface area contributed by atoms with Gasteiger partial charge in [-0.25, -0.2) is 0 Å². The van der Waals surface area contributed by atoms with Crippen LogP contribution in [0, 0.1) is 11.8 Å². The number of likely N-dealkylation sites (tertiary alicyclic amines) is 1. The van der Waals surface area contributed by atoms with Crippen LogP contribution in [0.2, 0.25) is 0 Å². The average molecular weight is 293 g/mol. The summed E-state index contributed by atoms with van der Waals surface area (Å²) in [6, 6.07) is 14.2. The Hall–Kier alpha value is -1.87. The molecule has 3 fully saturated rings. The molecule has 1 amide bonds. The summed E-state index contributed by atoms with van der Waals surface area (Å²) in [5, 5.41) is 2.20. The Morgan fingerprint density at radius 1 is 0.955 bits per heavy atom. The van der Waals surface area contributed by atoms with Crippen LogP contribution in [-0.4, -0.2) is 36.1 Å². The van der Waals surface area contributed by atoms with E-state index in [2.05, 4.69) is 17.0 Å². The van der Waals surface area contributed by atoms with E-state index in [0.717, 1.165) is 29.4 Å². The maximum atomic E-state index is 13.0. The quantitative estimate of drug-likeness (QED) is 0.808. The molecule has 2 aromatic rings. The van der Waals surface area contributed by atoms with Crippen LogP contribution in [0.25, 0.3) is 10.8 Å². The van der Waals surface area contributed by atoms with Crippen LogP contribution in [0.1, 0.15) is 23.2 Å². The van der Waals surface area contributed by atoms with E-state index in [1.165, 1.54) is 12.8 Å². The summed E-state index contributed by atoms with van der Waals surface area (Å²) < 4.78 is 6.01. The molecule has 0 aromatic heterocycles. The number of hydrogen-bond donors (Lipinski definition) is 0. The van der Waals surface area contributed by atoms with E-state index in [1.807, 2.05) is 30.3 Å². The van der Waals surface area contributed by atoms with Crippen molar-refractivity contribution in [1.29, 1.82) is 0 Å². The van der Waals surface area contributed by atoms with Crippen LogP contribution < -0.4 is 0 Å². The minimum atomic E-state index is 0.186. The van der Waals surface area contributed by atoms with Crippen molar-refractivity contribution in [2.24, 2.45) is 11.8 Å². The predicted octanol–water partition coefficient (Wildman–Crippen LogP) is 3.09. The molecule has 4 atom stereocenters. The summed E-state index contributed by atoms with van der Waals surface area (Å²) in [5.74, 6) is 1.32. The zero-order valence-corrected chi connectivity index (χ0v) is 12.4. The third-order valence-corrected chi connectivity index (χ3v) is 5.76. The zero-order chi connectivity index (χ0) is 14.7. The monoisotopic (exact) mass is 293 g/mol. The third kappa shape index (κ3) is 1.69. The van der Waals surface area contributed by atoms with Crippen LogP contribution in [0.3, 0.4) is 0 Å². The number of rotatable bonds is 1. The van der Waals surface area contributed by atoms with Crippen molar-refractivity contribution in [3.05, 3.63) is 48.0 Å². The Morgan fingerprint density at radius 3 is 2.41 bits per heavy atom. The number of carbonyl (C=O) groups excluding carboxylic acids is 1. The first kappa shape index (κ1) is 12.7. The molecule has 3 heteroatoms. The van der Waals surface area contributed by atoms with Gasteiger partial charge >= 0.3 is 0 Å². The Bertz CT molecular complexity index is 733. The maximum Gasteiger partial charge on any atom is 0.254 e. The highest BCUT2D eigenvalue weighted by Gasteiger charge is 2.53. The second-order valence-electron chi connectivity index (χ2n) is 6.85. The minimum absolute atomic E-state index is 0.186. The maximum absolute atomic E-state index is 13.0. The lowest BCUT2D eigenvalue weighted by molar-refractivity contribution is 0.0595. The van der Waals surface area contributed by atoms with Gasteiger partial charge in [0.2, 0.25) is 0 Å². The van der Waals surface area contributed by atoms with Crippen LogP contribution in [0.15, 0.2) is 42.5 Å². The van der Waals surface area contributed by atoms with Crippen molar-refractivity contribution in [3.63, 3.8) is 0 Å². The number of carbonyl (C=O) groups is 1. The molecular weight excluding hydrogens is 274 g/mol. The molecule has 5 rings (SSSR count). The lowest BCUT2D eigenvalue weighted by atomic mass is 9.82. The van der Waals surface area contributed by atoms with Gasteiger partial charge in [-0.1, -0.05) is 36.4 Å². The molecule has 3 aliphatic rings. The van der Waals surface area contributed by atoms with Crippen LogP contribution in [0.4, 0.5) is 0 Å². The summed E-state index contributed by atoms with van der Waals surface area (Å²) in [6.07, 6.45) is 3.17. The van der Waals surface area contributed by atoms with Crippen molar-refractivity contribution in [1.82, 2.24) is 4.90 Å². The highest BCUT2D eigenvalue weighted by atomic mass is 16.5. The lowest BCUT2D eigenvalue weighted by Gasteiger charge is -2.19. The molecule has 112 valence electrons. The topological polar surface area (TPSA) is 29.5 Å². The fourth-order valence-electron chi connectivity index (χ4n) is 4.71. The fourth-order valence-corrected chi connectivity index (χ4v) is 4.71. The van der Waals surface area contributed by atoms with E-state index in [9.17, 15) is 4.79 Å². The van der Waals surface area contributed by atoms with Crippen LogP contribution in [-0.2, 0) is 4.74 Å². The van der Waals surface area contributed by atoms with Gasteiger partial charge in [0.1, 0.15) is 0 Å². The summed E-state index contributed by atoms with van der Waals surface area (Å²) in [4.78, 5) is 15.1. The second kappa shape index (κ2) is 4.56. The Labute approximate surface area is 129 Å². The van der Waals surface area contributed by atoms with Crippen LogP contribution >= 0.6 is 0 Å². The lowest BCUT2D eigenvalue weighted by Crippen LogP contribution is -2.31. The first-order chi connectivity index (χ1) is 10.8. The molecule has 0 saturated carbocycles. The SMILES string of the molecule is O=C(c1cccc2ccccc12)N1CC2C3CCC(O3)C2C1. The van der Waals surface area contributed by atoms with E-state index < -0.39 is 0 Å². The fraction of sp³-hybridized carbons (Fsp3) is 0.421. The summed E-state index contributed by atoms with van der Waals surface area (Å²) in [6.45, 7) is 1.74. The molecule has 0 aliphatic carbocycles. The number of fused-ring (bicyclic) bond motifs is 6. The highest BCUT2D eigenvalue weighted by molar-refractivity contribution is 6.07. The van der Waals surface area contributed by atoms with Gasteiger partial charge in [-0.3, -0.25) is 4.79 Å². The van der Waals surface area contributed by atoms with Crippen molar-refractivity contribution in [2.75, 3.05) is 13.1 Å². The molecule has 3 saturated heterocycles. The Kier molecular flexibility index (Phi) is 2.62. The summed E-state index contributed by atoms with van der Waals surface area (Å²) >= 11 is 0. The van der Waals surface area contributed by atoms with Gasteiger partial charge < -0.3 is 9.64 Å². The molecule has 3 nitrogen and oxygen atoms in total. The van der Waals surface area contributed by atoms with Gasteiger partial charge in [0.05, 0.1) is 12.2 Å². The highest BCUT2D eigenvalue weighted by Crippen LogP contribution is 2.47. The summed E-state index contributed by atoms with van der Waals surface area (Å²) in [5.41, 5.74) is 0.839. The van der Waals surface area contributed by atoms with Crippen molar-refractivity contribution in [2.45, 2.75) is 25.0 Å². The molecule has 2 bridgehead atoms. The minimum Gasteiger partial charge on any atom is -0.374 e. The predicted molar refractivity (Wildman–Crippen MR) is 84.7 cm³/mol. The zero-order valence-electron chi connectivity index (χ0n) is 12.4. The number of hydrogen-bond acceptors (Lipinski definition) is 2. The largest absolute Gasteiger partial charge is 0.374 e. The smallest absolute Gasteiger partial charge is 0.254 e. The van der Waals surface area contributed by atoms with E-state index in [1.54, 1.807) is 0 Å². The van der Waals surface area contributed by atoms with Gasteiger partial charge in [-0.2, -0.15) is 0 Å². The van der Waals surface area contributed by atoms with E-state index in [-0.39, 0.29) is 5.91 Å². The van der Waals surface area contributed by atoms with Crippen LogP contribution in [0.5, 0.6) is 0 Å². The molecule has 0 spiro atoms. The first-order valence-electron chi connectivity index (χ1n) is 8.24. The Balaban J connectivity index is 1.47. The van der Waals surface area contributed by atoms with Gasteiger partial charge in [-0.05, 0) is 29.7 Å². The molecule has 0 radical (unpaired) electrons. The van der Waals surface area contributed by atoms with Crippen molar-refractivity contribution >= 4 is 16.7 Å². The number of ether oxygens (including phenoxy) is 1. The second-order valence-corrected chi connectivity index (χ2v) is 6.85. The van der Waals surface area contributed by atoms with Gasteiger partial charge in [0, 0.05) is 30.5 Å². The first-order valence-corrected chi connectivity index (χ1v) is 8.24. The molecule has 0 N–H and O–H groups in total. The van der Waals surface area contributed by atoms with E-state index in [4.69, 9.17) is 4.74 Å². The Morgan fingerprint density at radius 2 is 1.64 bits per heavy atom. The third-order valence-electron chi connectivity index (χ3n) is 5.76. The normalized spacial score (nSPS) is 32.6. The molecular formula is C19H19NO2. The standard InChI is InChI=1S/C19H19NO2/c21-19(14-7-3-5-12-4-1-2-6-13(12)14)20-10-15-16(11-20)18-9-8-17(15)22-18/h1-7,15-18H,8-11H2. The molecule has 4 unspecified atom stereocenters. The van der Waals surface area contributed by atoms with Gasteiger partial charge in [-0.15, -0.1) is 0 Å². The summed E-state index contributed by atoms with van der Waals surface area (Å²) in [7, 11) is 0. The van der Waals surface area contributed by atoms with Gasteiger partial charge in [0.15, 0.2) is 0 Å². The van der Waals surface area contributed by atoms with E-state index in [0.29, 0.717) is 24.0 Å². The molecule has 2 aromatic carbocycles. The number of benzene rings is 2. The molecule has 3 heterocycles. The van der Waals surface area contributed by atoms with E-state index >= 15 is 0 Å². The number of nitrogens with zero attached hydrogens (tertiary/aromatic N) is 1. The number of amides is 1. The van der Waals surface area contributed by atoms with Crippen molar-refractivity contribution < 1.29 is 9.53 Å². The molecule has 3 aliphatic heterocycles. The molecule has 22 heavy (non-hydrogen) atoms.